The third kappa shape index (κ3) is 7.05. The monoisotopic (exact) mass is 447 g/mol. The third-order valence-electron chi connectivity index (χ3n) is 5.02. The molecule has 1 unspecified atom stereocenters. The summed E-state index contributed by atoms with van der Waals surface area (Å²) in [5.74, 6) is 1.68. The minimum Gasteiger partial charge on any atom is -0.434 e. The molecule has 0 amide bonds. The Hall–Kier alpha value is -2.94. The molecule has 0 bridgehead atoms. The van der Waals surface area contributed by atoms with Crippen molar-refractivity contribution in [3.8, 4) is 5.75 Å². The van der Waals surface area contributed by atoms with Crippen molar-refractivity contribution in [2.45, 2.75) is 46.6 Å². The summed E-state index contributed by atoms with van der Waals surface area (Å²) in [5, 5.41) is 6.36. The van der Waals surface area contributed by atoms with Crippen LogP contribution in [0, 0.1) is 6.92 Å². The molecule has 2 aromatic rings. The second kappa shape index (κ2) is 11.6. The van der Waals surface area contributed by atoms with Gasteiger partial charge < -0.3 is 25.0 Å². The Morgan fingerprint density at radius 3 is 2.84 bits per heavy atom. The number of nitrogens with one attached hydrogen (secondary N) is 2. The van der Waals surface area contributed by atoms with Gasteiger partial charge in [-0.25, -0.2) is 9.98 Å². The third-order valence-corrected chi connectivity index (χ3v) is 5.02. The number of guanidine groups is 1. The lowest BCUT2D eigenvalue weighted by Gasteiger charge is -2.32. The van der Waals surface area contributed by atoms with Gasteiger partial charge in [-0.2, -0.15) is 8.78 Å². The lowest BCUT2D eigenvalue weighted by molar-refractivity contribution is -0.0504. The minimum atomic E-state index is -2.87. The molecule has 0 spiro atoms. The predicted octanol–water partition coefficient (Wildman–Crippen LogP) is 3.47. The van der Waals surface area contributed by atoms with E-state index in [4.69, 9.17) is 4.74 Å². The lowest BCUT2D eigenvalue weighted by atomic mass is 10.1. The number of benzene rings is 1. The average molecular weight is 448 g/mol. The topological polar surface area (TPSA) is 71.0 Å². The summed E-state index contributed by atoms with van der Waals surface area (Å²) in [4.78, 5) is 11.4. The summed E-state index contributed by atoms with van der Waals surface area (Å²) in [5.41, 5.74) is 2.58. The predicted molar refractivity (Wildman–Crippen MR) is 121 cm³/mol. The Morgan fingerprint density at radius 2 is 2.16 bits per heavy atom. The molecular formula is C23H31F2N5O2. The summed E-state index contributed by atoms with van der Waals surface area (Å²) in [7, 11) is 0. The van der Waals surface area contributed by atoms with Crippen molar-refractivity contribution in [3.05, 3.63) is 53.2 Å². The molecule has 1 aromatic carbocycles. The summed E-state index contributed by atoms with van der Waals surface area (Å²) < 4.78 is 35.6. The van der Waals surface area contributed by atoms with Crippen LogP contribution in [0.1, 0.15) is 30.5 Å². The molecule has 0 radical (unpaired) electrons. The van der Waals surface area contributed by atoms with E-state index >= 15 is 0 Å². The fraction of sp³-hybridized carbons (Fsp3) is 0.478. The van der Waals surface area contributed by atoms with Gasteiger partial charge in [0, 0.05) is 37.9 Å². The molecule has 1 aromatic heterocycles. The van der Waals surface area contributed by atoms with Gasteiger partial charge in [0.2, 0.25) is 0 Å². The average Bonchev–Trinajstić information content (AvgIpc) is 2.77. The number of aromatic nitrogens is 1. The van der Waals surface area contributed by atoms with Gasteiger partial charge in [0.25, 0.3) is 0 Å². The minimum absolute atomic E-state index is 0.158. The van der Waals surface area contributed by atoms with Crippen molar-refractivity contribution in [3.63, 3.8) is 0 Å². The van der Waals surface area contributed by atoms with E-state index in [2.05, 4.69) is 37.2 Å². The van der Waals surface area contributed by atoms with E-state index in [9.17, 15) is 8.78 Å². The van der Waals surface area contributed by atoms with Gasteiger partial charge in [0.05, 0.1) is 19.3 Å². The molecule has 1 aliphatic heterocycles. The molecule has 1 fully saturated rings. The maximum Gasteiger partial charge on any atom is 0.387 e. The number of morpholine rings is 1. The van der Waals surface area contributed by atoms with Gasteiger partial charge in [-0.05, 0) is 38.5 Å². The first kappa shape index (κ1) is 23.7. The molecule has 0 aliphatic carbocycles. The molecule has 9 heteroatoms. The highest BCUT2D eigenvalue weighted by atomic mass is 19.3. The van der Waals surface area contributed by atoms with Crippen LogP contribution >= 0.6 is 0 Å². The standard InChI is InChI=1S/C23H31F2N5O2/c1-4-26-23(29-14-19-11-16(2)5-7-20(19)32-22(24)25)28-13-18-6-8-21(27-12-18)30-9-10-31-17(3)15-30/h5-8,11-12,17,22H,4,9-10,13-15H2,1-3H3,(H2,26,28,29). The van der Waals surface area contributed by atoms with Crippen LogP contribution < -0.4 is 20.3 Å². The van der Waals surface area contributed by atoms with E-state index in [1.807, 2.05) is 38.2 Å². The Labute approximate surface area is 187 Å². The molecule has 3 rings (SSSR count). The number of aliphatic imine (C=N–C) groups is 1. The highest BCUT2D eigenvalue weighted by molar-refractivity contribution is 5.79. The molecule has 174 valence electrons. The molecular weight excluding hydrogens is 416 g/mol. The Balaban J connectivity index is 1.62. The second-order valence-electron chi connectivity index (χ2n) is 7.69. The van der Waals surface area contributed by atoms with E-state index in [1.54, 1.807) is 12.1 Å². The smallest absolute Gasteiger partial charge is 0.387 e. The van der Waals surface area contributed by atoms with Crippen LogP contribution in [0.15, 0.2) is 41.5 Å². The number of pyridine rings is 1. The zero-order valence-electron chi connectivity index (χ0n) is 18.8. The van der Waals surface area contributed by atoms with Crippen LogP contribution in [0.3, 0.4) is 0 Å². The number of ether oxygens (including phenoxy) is 2. The number of hydrogen-bond donors (Lipinski definition) is 2. The molecule has 32 heavy (non-hydrogen) atoms. The lowest BCUT2D eigenvalue weighted by Crippen LogP contribution is -2.41. The molecule has 1 atom stereocenters. The van der Waals surface area contributed by atoms with Crippen LogP contribution in [-0.4, -0.2) is 49.9 Å². The SMILES string of the molecule is CCNC(=NCc1ccc(N2CCOC(C)C2)nc1)NCc1cc(C)ccc1OC(F)F. The first-order chi connectivity index (χ1) is 15.4. The summed E-state index contributed by atoms with van der Waals surface area (Å²) in [6.45, 7) is 6.86. The summed E-state index contributed by atoms with van der Waals surface area (Å²) >= 11 is 0. The number of alkyl halides is 2. The van der Waals surface area contributed by atoms with Crippen LogP contribution in [-0.2, 0) is 17.8 Å². The largest absolute Gasteiger partial charge is 0.434 e. The van der Waals surface area contributed by atoms with Gasteiger partial charge in [0.15, 0.2) is 5.96 Å². The molecule has 2 N–H and O–H groups in total. The Bertz CT molecular complexity index is 892. The van der Waals surface area contributed by atoms with Crippen molar-refractivity contribution in [2.24, 2.45) is 4.99 Å². The fourth-order valence-corrected chi connectivity index (χ4v) is 3.47. The van der Waals surface area contributed by atoms with Crippen molar-refractivity contribution in [1.82, 2.24) is 15.6 Å². The number of anilines is 1. The van der Waals surface area contributed by atoms with E-state index in [0.29, 0.717) is 37.8 Å². The molecule has 7 nitrogen and oxygen atoms in total. The number of rotatable bonds is 8. The maximum atomic E-state index is 12.7. The Kier molecular flexibility index (Phi) is 8.61. The van der Waals surface area contributed by atoms with E-state index in [0.717, 1.165) is 30.0 Å². The first-order valence-electron chi connectivity index (χ1n) is 10.8. The van der Waals surface area contributed by atoms with Crippen molar-refractivity contribution >= 4 is 11.8 Å². The van der Waals surface area contributed by atoms with Gasteiger partial charge in [-0.15, -0.1) is 0 Å². The van der Waals surface area contributed by atoms with E-state index in [1.165, 1.54) is 0 Å². The Morgan fingerprint density at radius 1 is 1.31 bits per heavy atom. The fourth-order valence-electron chi connectivity index (χ4n) is 3.47. The number of aryl methyl sites for hydroxylation is 1. The summed E-state index contributed by atoms with van der Waals surface area (Å²) in [6, 6.07) is 9.15. The first-order valence-corrected chi connectivity index (χ1v) is 10.8. The van der Waals surface area contributed by atoms with Crippen molar-refractivity contribution in [2.75, 3.05) is 31.1 Å². The summed E-state index contributed by atoms with van der Waals surface area (Å²) in [6.07, 6.45) is 2.03. The number of nitrogens with zero attached hydrogens (tertiary/aromatic N) is 3. The van der Waals surface area contributed by atoms with Crippen molar-refractivity contribution < 1.29 is 18.3 Å². The maximum absolute atomic E-state index is 12.7. The van der Waals surface area contributed by atoms with Gasteiger partial charge >= 0.3 is 6.61 Å². The normalized spacial score (nSPS) is 16.9. The van der Waals surface area contributed by atoms with Gasteiger partial charge in [-0.3, -0.25) is 0 Å². The van der Waals surface area contributed by atoms with Crippen LogP contribution in [0.5, 0.6) is 5.75 Å². The van der Waals surface area contributed by atoms with Crippen LogP contribution in [0.4, 0.5) is 14.6 Å². The molecule has 0 saturated carbocycles. The van der Waals surface area contributed by atoms with Crippen LogP contribution in [0.2, 0.25) is 0 Å². The van der Waals surface area contributed by atoms with E-state index in [-0.39, 0.29) is 11.9 Å². The van der Waals surface area contributed by atoms with Crippen LogP contribution in [0.25, 0.3) is 0 Å². The van der Waals surface area contributed by atoms with Gasteiger partial charge in [-0.1, -0.05) is 23.8 Å². The molecule has 2 heterocycles. The molecule has 1 saturated heterocycles. The number of hydrogen-bond acceptors (Lipinski definition) is 5. The van der Waals surface area contributed by atoms with Gasteiger partial charge in [0.1, 0.15) is 11.6 Å². The zero-order chi connectivity index (χ0) is 22.9. The highest BCUT2D eigenvalue weighted by Crippen LogP contribution is 2.22. The van der Waals surface area contributed by atoms with E-state index < -0.39 is 6.61 Å². The number of halogens is 2. The highest BCUT2D eigenvalue weighted by Gasteiger charge is 2.17. The van der Waals surface area contributed by atoms with Crippen molar-refractivity contribution in [1.29, 1.82) is 0 Å². The second-order valence-corrected chi connectivity index (χ2v) is 7.69. The quantitative estimate of drug-likeness (QED) is 0.477. The molecule has 1 aliphatic rings. The zero-order valence-corrected chi connectivity index (χ0v) is 18.8.